The van der Waals surface area contributed by atoms with Gasteiger partial charge in [-0.05, 0) is 12.8 Å². The second kappa shape index (κ2) is 4.88. The second-order valence-electron chi connectivity index (χ2n) is 6.00. The van der Waals surface area contributed by atoms with E-state index in [9.17, 15) is 4.79 Å². The molecule has 1 heterocycles. The SMILES string of the molecule is C=CCC[C@]1(CC=C)O[C@](C)(C(C)(C)C)OC1=O. The summed E-state index contributed by atoms with van der Waals surface area (Å²) in [5.74, 6) is -1.18. The molecule has 18 heavy (non-hydrogen) atoms. The molecule has 0 amide bonds. The lowest BCUT2D eigenvalue weighted by molar-refractivity contribution is -0.232. The van der Waals surface area contributed by atoms with Gasteiger partial charge in [-0.25, -0.2) is 4.79 Å². The maximum atomic E-state index is 12.2. The second-order valence-corrected chi connectivity index (χ2v) is 6.00. The van der Waals surface area contributed by atoms with Crippen LogP contribution < -0.4 is 0 Å². The molecule has 0 saturated carbocycles. The molecule has 3 nitrogen and oxygen atoms in total. The highest BCUT2D eigenvalue weighted by molar-refractivity contribution is 5.82. The largest absolute Gasteiger partial charge is 0.431 e. The van der Waals surface area contributed by atoms with E-state index in [1.807, 2.05) is 27.7 Å². The molecule has 0 radical (unpaired) electrons. The van der Waals surface area contributed by atoms with Crippen molar-refractivity contribution in [3.8, 4) is 0 Å². The van der Waals surface area contributed by atoms with E-state index in [4.69, 9.17) is 9.47 Å². The molecule has 2 atom stereocenters. The zero-order chi connectivity index (χ0) is 14.0. The van der Waals surface area contributed by atoms with E-state index >= 15 is 0 Å². The molecule has 1 fully saturated rings. The van der Waals surface area contributed by atoms with Crippen molar-refractivity contribution in [3.05, 3.63) is 25.3 Å². The average Bonchev–Trinajstić information content (AvgIpc) is 2.49. The first kappa shape index (κ1) is 15.0. The first-order valence-corrected chi connectivity index (χ1v) is 6.36. The Bertz CT molecular complexity index is 353. The van der Waals surface area contributed by atoms with E-state index in [-0.39, 0.29) is 11.4 Å². The third kappa shape index (κ3) is 2.51. The van der Waals surface area contributed by atoms with Crippen LogP contribution in [0, 0.1) is 5.41 Å². The van der Waals surface area contributed by atoms with Crippen LogP contribution in [0.4, 0.5) is 0 Å². The fraction of sp³-hybridized carbons (Fsp3) is 0.667. The summed E-state index contributed by atoms with van der Waals surface area (Å²) in [6.45, 7) is 15.2. The van der Waals surface area contributed by atoms with Crippen molar-refractivity contribution in [1.29, 1.82) is 0 Å². The Balaban J connectivity index is 3.03. The van der Waals surface area contributed by atoms with Crippen molar-refractivity contribution in [2.45, 2.75) is 58.3 Å². The molecule has 0 bridgehead atoms. The number of ether oxygens (including phenoxy) is 2. The summed E-state index contributed by atoms with van der Waals surface area (Å²) in [7, 11) is 0. The highest BCUT2D eigenvalue weighted by Gasteiger charge is 2.59. The third-order valence-electron chi connectivity index (χ3n) is 3.64. The minimum atomic E-state index is -0.905. The molecule has 0 aliphatic carbocycles. The minimum Gasteiger partial charge on any atom is -0.431 e. The fourth-order valence-corrected chi connectivity index (χ4v) is 1.96. The van der Waals surface area contributed by atoms with Crippen LogP contribution in [0.3, 0.4) is 0 Å². The van der Waals surface area contributed by atoms with Crippen molar-refractivity contribution in [1.82, 2.24) is 0 Å². The smallest absolute Gasteiger partial charge is 0.341 e. The molecule has 1 rings (SSSR count). The zero-order valence-corrected chi connectivity index (χ0v) is 11.9. The van der Waals surface area contributed by atoms with Crippen LogP contribution in [0.2, 0.25) is 0 Å². The zero-order valence-electron chi connectivity index (χ0n) is 11.9. The lowest BCUT2D eigenvalue weighted by atomic mass is 9.86. The normalized spacial score (nSPS) is 32.1. The van der Waals surface area contributed by atoms with Gasteiger partial charge in [0.05, 0.1) is 0 Å². The molecule has 0 aromatic carbocycles. The number of carbonyl (C=O) groups is 1. The number of esters is 1. The first-order chi connectivity index (χ1) is 8.21. The maximum absolute atomic E-state index is 12.2. The number of rotatable bonds is 5. The predicted octanol–water partition coefficient (Wildman–Crippen LogP) is 3.60. The molecular formula is C15H24O3. The molecule has 1 aliphatic rings. The summed E-state index contributed by atoms with van der Waals surface area (Å²) in [6.07, 6.45) is 5.24. The highest BCUT2D eigenvalue weighted by atomic mass is 16.8. The fourth-order valence-electron chi connectivity index (χ4n) is 1.96. The highest BCUT2D eigenvalue weighted by Crippen LogP contribution is 2.46. The summed E-state index contributed by atoms with van der Waals surface area (Å²) < 4.78 is 11.6. The molecule has 3 heteroatoms. The summed E-state index contributed by atoms with van der Waals surface area (Å²) >= 11 is 0. The summed E-state index contributed by atoms with van der Waals surface area (Å²) in [6, 6.07) is 0. The van der Waals surface area contributed by atoms with Crippen molar-refractivity contribution >= 4 is 5.97 Å². The van der Waals surface area contributed by atoms with Gasteiger partial charge in [0, 0.05) is 18.8 Å². The van der Waals surface area contributed by atoms with Crippen LogP contribution in [0.5, 0.6) is 0 Å². The van der Waals surface area contributed by atoms with Crippen molar-refractivity contribution in [3.63, 3.8) is 0 Å². The number of cyclic esters (lactones) is 1. The van der Waals surface area contributed by atoms with Gasteiger partial charge in [-0.15, -0.1) is 13.2 Å². The lowest BCUT2D eigenvalue weighted by Crippen LogP contribution is -2.43. The van der Waals surface area contributed by atoms with E-state index in [0.717, 1.165) is 0 Å². The van der Waals surface area contributed by atoms with E-state index in [2.05, 4.69) is 13.2 Å². The monoisotopic (exact) mass is 252 g/mol. The Morgan fingerprint density at radius 2 is 1.89 bits per heavy atom. The van der Waals surface area contributed by atoms with Crippen LogP contribution in [-0.4, -0.2) is 17.4 Å². The van der Waals surface area contributed by atoms with Crippen LogP contribution in [0.1, 0.15) is 47.0 Å². The Kier molecular flexibility index (Phi) is 4.06. The van der Waals surface area contributed by atoms with Gasteiger partial charge >= 0.3 is 5.97 Å². The summed E-state index contributed by atoms with van der Waals surface area (Å²) in [4.78, 5) is 12.2. The Labute approximate surface area is 110 Å². The van der Waals surface area contributed by atoms with Crippen LogP contribution in [0.15, 0.2) is 25.3 Å². The maximum Gasteiger partial charge on any atom is 0.341 e. The predicted molar refractivity (Wildman–Crippen MR) is 72.0 cm³/mol. The molecule has 0 spiro atoms. The van der Waals surface area contributed by atoms with Gasteiger partial charge in [0.15, 0.2) is 5.60 Å². The van der Waals surface area contributed by atoms with Gasteiger partial charge in [-0.1, -0.05) is 32.9 Å². The number of allylic oxidation sites excluding steroid dienone is 1. The van der Waals surface area contributed by atoms with Crippen molar-refractivity contribution in [2.75, 3.05) is 0 Å². The van der Waals surface area contributed by atoms with Crippen molar-refractivity contribution < 1.29 is 14.3 Å². The summed E-state index contributed by atoms with van der Waals surface area (Å²) in [5, 5.41) is 0. The molecule has 0 aromatic rings. The lowest BCUT2D eigenvalue weighted by Gasteiger charge is -2.37. The van der Waals surface area contributed by atoms with Crippen LogP contribution >= 0.6 is 0 Å². The van der Waals surface area contributed by atoms with Gasteiger partial charge in [0.2, 0.25) is 5.79 Å². The summed E-state index contributed by atoms with van der Waals surface area (Å²) in [5.41, 5.74) is -1.18. The Morgan fingerprint density at radius 1 is 1.28 bits per heavy atom. The molecule has 0 unspecified atom stereocenters. The van der Waals surface area contributed by atoms with Gasteiger partial charge in [0.25, 0.3) is 0 Å². The molecular weight excluding hydrogens is 228 g/mol. The van der Waals surface area contributed by atoms with Gasteiger partial charge in [-0.2, -0.15) is 0 Å². The Morgan fingerprint density at radius 3 is 2.28 bits per heavy atom. The Hall–Kier alpha value is -1.09. The molecule has 1 saturated heterocycles. The van der Waals surface area contributed by atoms with E-state index < -0.39 is 11.4 Å². The van der Waals surface area contributed by atoms with Gasteiger partial charge < -0.3 is 9.47 Å². The molecule has 0 N–H and O–H groups in total. The standard InChI is InChI=1S/C15H24O3/c1-7-9-11-15(10-8-2)12(16)17-14(6,18-15)13(3,4)5/h7-8H,1-2,9-11H2,3-6H3/t14-,15+/m1/s1. The topological polar surface area (TPSA) is 35.5 Å². The van der Waals surface area contributed by atoms with E-state index in [0.29, 0.717) is 19.3 Å². The molecule has 1 aliphatic heterocycles. The quantitative estimate of drug-likeness (QED) is 0.554. The van der Waals surface area contributed by atoms with Crippen LogP contribution in [0.25, 0.3) is 0 Å². The molecule has 0 aromatic heterocycles. The molecule has 102 valence electrons. The van der Waals surface area contributed by atoms with Gasteiger partial charge in [-0.3, -0.25) is 0 Å². The number of hydrogen-bond acceptors (Lipinski definition) is 3. The first-order valence-electron chi connectivity index (χ1n) is 6.36. The third-order valence-corrected chi connectivity index (χ3v) is 3.64. The van der Waals surface area contributed by atoms with Gasteiger partial charge in [0.1, 0.15) is 0 Å². The van der Waals surface area contributed by atoms with Crippen molar-refractivity contribution in [2.24, 2.45) is 5.41 Å². The van der Waals surface area contributed by atoms with E-state index in [1.54, 1.807) is 12.2 Å². The number of carbonyl (C=O) groups excluding carboxylic acids is 1. The van der Waals surface area contributed by atoms with Crippen LogP contribution in [-0.2, 0) is 14.3 Å². The van der Waals surface area contributed by atoms with E-state index in [1.165, 1.54) is 0 Å². The minimum absolute atomic E-state index is 0.278. The average molecular weight is 252 g/mol. The number of hydrogen-bond donors (Lipinski definition) is 0.